The molecular weight excluding hydrogens is 568 g/mol. The van der Waals surface area contributed by atoms with Gasteiger partial charge in [-0.15, -0.1) is 0 Å². The number of fused-ring (bicyclic) bond motifs is 7. The van der Waals surface area contributed by atoms with Crippen molar-refractivity contribution in [2.24, 2.45) is 68.0 Å². The van der Waals surface area contributed by atoms with E-state index in [2.05, 4.69) is 72.2 Å². The van der Waals surface area contributed by atoms with Gasteiger partial charge in [-0.2, -0.15) is 0 Å². The molecule has 0 aromatic rings. The fraction of sp³-hybridized carbons (Fsp3) is 0.902. The zero-order valence-electron chi connectivity index (χ0n) is 30.6. The first-order chi connectivity index (χ1) is 21.4. The van der Waals surface area contributed by atoms with Crippen molar-refractivity contribution in [3.8, 4) is 0 Å². The van der Waals surface area contributed by atoms with Gasteiger partial charge >= 0.3 is 0 Å². The van der Waals surface area contributed by atoms with Crippen molar-refractivity contribution >= 4 is 11.8 Å². The molecule has 1 unspecified atom stereocenters. The molecule has 258 valence electrons. The Morgan fingerprint density at radius 2 is 1.48 bits per heavy atom. The maximum Gasteiger partial charge on any atom is 0.226 e. The zero-order chi connectivity index (χ0) is 33.2. The highest BCUT2D eigenvalue weighted by Crippen LogP contribution is 2.77. The summed E-state index contributed by atoms with van der Waals surface area (Å²) in [7, 11) is 0. The molecule has 1 aliphatic heterocycles. The van der Waals surface area contributed by atoms with Crippen LogP contribution in [0.25, 0.3) is 0 Å². The lowest BCUT2D eigenvalue weighted by Gasteiger charge is -2.72. The van der Waals surface area contributed by atoms with Crippen LogP contribution in [-0.4, -0.2) is 47.1 Å². The average molecular weight is 635 g/mol. The van der Waals surface area contributed by atoms with Crippen molar-refractivity contribution in [1.82, 2.24) is 10.2 Å². The Balaban J connectivity index is 1.16. The SMILES string of the molecule is C=C(C)[C@@H]1CC[C@]2(C(=O)N[C@@H]3CC(C(=O)N4CCCC4)C3(C)C)CC[C@]3(C)[C@H](CC[C@@H]4[C@@]5(C)CC[C@H](O)C(C)(C)[C@@H]5CC[C@]43C)[C@@H]12. The number of carbonyl (C=O) groups excluding carboxylic acids is 2. The highest BCUT2D eigenvalue weighted by molar-refractivity contribution is 5.86. The smallest absolute Gasteiger partial charge is 0.226 e. The first-order valence-corrected chi connectivity index (χ1v) is 19.4. The monoisotopic (exact) mass is 635 g/mol. The van der Waals surface area contributed by atoms with Gasteiger partial charge < -0.3 is 15.3 Å². The van der Waals surface area contributed by atoms with Gasteiger partial charge in [0.15, 0.2) is 0 Å². The van der Waals surface area contributed by atoms with Gasteiger partial charge in [-0.25, -0.2) is 0 Å². The summed E-state index contributed by atoms with van der Waals surface area (Å²) in [5, 5.41) is 14.7. The molecule has 0 aromatic heterocycles. The van der Waals surface area contributed by atoms with E-state index in [4.69, 9.17) is 0 Å². The van der Waals surface area contributed by atoms with Crippen LogP contribution in [0, 0.1) is 68.0 Å². The summed E-state index contributed by atoms with van der Waals surface area (Å²) >= 11 is 0. The second-order valence-electron chi connectivity index (χ2n) is 19.9. The topological polar surface area (TPSA) is 69.6 Å². The van der Waals surface area contributed by atoms with Crippen molar-refractivity contribution in [1.29, 1.82) is 0 Å². The third kappa shape index (κ3) is 4.20. The lowest BCUT2D eigenvalue weighted by molar-refractivity contribution is -0.246. The van der Waals surface area contributed by atoms with Crippen LogP contribution in [0.15, 0.2) is 12.2 Å². The highest BCUT2D eigenvalue weighted by Gasteiger charge is 2.72. The molecule has 2 N–H and O–H groups in total. The van der Waals surface area contributed by atoms with Gasteiger partial charge in [0.05, 0.1) is 11.5 Å². The van der Waals surface area contributed by atoms with Gasteiger partial charge in [0.1, 0.15) is 0 Å². The molecule has 1 heterocycles. The maximum atomic E-state index is 14.8. The fourth-order valence-corrected chi connectivity index (χ4v) is 14.6. The number of nitrogens with one attached hydrogen (secondary N) is 1. The molecule has 46 heavy (non-hydrogen) atoms. The fourth-order valence-electron chi connectivity index (χ4n) is 14.6. The lowest BCUT2D eigenvalue weighted by atomic mass is 9.32. The van der Waals surface area contributed by atoms with Crippen molar-refractivity contribution < 1.29 is 14.7 Å². The van der Waals surface area contributed by atoms with Gasteiger partial charge in [0.2, 0.25) is 11.8 Å². The van der Waals surface area contributed by atoms with Gasteiger partial charge in [0.25, 0.3) is 0 Å². The minimum Gasteiger partial charge on any atom is -0.393 e. The number of likely N-dealkylation sites (tertiary alicyclic amines) is 1. The van der Waals surface area contributed by atoms with Gasteiger partial charge in [-0.1, -0.05) is 60.6 Å². The predicted octanol–water partition coefficient (Wildman–Crippen LogP) is 8.16. The van der Waals surface area contributed by atoms with E-state index in [1.165, 1.54) is 31.3 Å². The molecule has 0 radical (unpaired) electrons. The van der Waals surface area contributed by atoms with Crippen molar-refractivity contribution in [3.05, 3.63) is 12.2 Å². The standard InChI is InChI=1S/C41H66N2O3/c1-25(2)26-14-19-41(35(46)42-31-24-28(36(31,3)4)34(45)43-22-10-11-23-43)21-20-39(8)27(33(26)41)12-13-30-38(7)17-16-32(44)37(5,6)29(38)15-18-40(30,39)9/h26-33,44H,1,10-24H2,2-9H3,(H,42,46)/t26-,27+,28?,29-,30+,31+,32-,33+,38-,39+,40+,41-/m0/s1. The Labute approximate surface area is 280 Å². The number of rotatable bonds is 4. The van der Waals surface area contributed by atoms with Crippen LogP contribution in [0.2, 0.25) is 0 Å². The third-order valence-electron chi connectivity index (χ3n) is 17.8. The molecule has 12 atom stereocenters. The Morgan fingerprint density at radius 1 is 0.783 bits per heavy atom. The molecular formula is C41H66N2O3. The molecule has 5 heteroatoms. The molecule has 6 saturated carbocycles. The van der Waals surface area contributed by atoms with Crippen molar-refractivity contribution in [2.75, 3.05) is 13.1 Å². The van der Waals surface area contributed by atoms with E-state index in [1.54, 1.807) is 0 Å². The van der Waals surface area contributed by atoms with E-state index in [-0.39, 0.29) is 50.6 Å². The molecule has 2 amide bonds. The Morgan fingerprint density at radius 3 is 2.13 bits per heavy atom. The normalized spacial score (nSPS) is 50.3. The van der Waals surface area contributed by atoms with E-state index in [9.17, 15) is 14.7 Å². The number of hydrogen-bond acceptors (Lipinski definition) is 3. The van der Waals surface area contributed by atoms with Crippen LogP contribution in [0.1, 0.15) is 139 Å². The second-order valence-corrected chi connectivity index (χ2v) is 19.9. The molecule has 7 rings (SSSR count). The van der Waals surface area contributed by atoms with E-state index in [1.807, 2.05) is 0 Å². The molecule has 7 fully saturated rings. The third-order valence-corrected chi connectivity index (χ3v) is 17.8. The van der Waals surface area contributed by atoms with E-state index in [0.717, 1.165) is 70.9 Å². The summed E-state index contributed by atoms with van der Waals surface area (Å²) in [4.78, 5) is 30.2. The van der Waals surface area contributed by atoms with E-state index in [0.29, 0.717) is 41.4 Å². The Kier molecular flexibility index (Phi) is 7.62. The van der Waals surface area contributed by atoms with Crippen LogP contribution >= 0.6 is 0 Å². The molecule has 1 saturated heterocycles. The summed E-state index contributed by atoms with van der Waals surface area (Å²) < 4.78 is 0. The average Bonchev–Trinajstić information content (AvgIpc) is 3.67. The Bertz CT molecular complexity index is 1280. The number of amides is 2. The van der Waals surface area contributed by atoms with Crippen LogP contribution in [-0.2, 0) is 9.59 Å². The maximum absolute atomic E-state index is 14.8. The van der Waals surface area contributed by atoms with Gasteiger partial charge in [-0.05, 0) is 147 Å². The summed E-state index contributed by atoms with van der Waals surface area (Å²) in [5.74, 6) is 3.13. The molecule has 0 bridgehead atoms. The van der Waals surface area contributed by atoms with Gasteiger partial charge in [0, 0.05) is 25.0 Å². The summed E-state index contributed by atoms with van der Waals surface area (Å²) in [6.45, 7) is 25.6. The van der Waals surface area contributed by atoms with Crippen LogP contribution in [0.5, 0.6) is 0 Å². The zero-order valence-corrected chi connectivity index (χ0v) is 30.6. The number of nitrogens with zero attached hydrogens (tertiary/aromatic N) is 1. The highest BCUT2D eigenvalue weighted by atomic mass is 16.3. The second kappa shape index (κ2) is 10.6. The first-order valence-electron chi connectivity index (χ1n) is 19.4. The molecule has 0 spiro atoms. The molecule has 5 nitrogen and oxygen atoms in total. The summed E-state index contributed by atoms with van der Waals surface area (Å²) in [6, 6.07) is 0.0669. The van der Waals surface area contributed by atoms with Crippen LogP contribution in [0.3, 0.4) is 0 Å². The molecule has 0 aromatic carbocycles. The summed E-state index contributed by atoms with van der Waals surface area (Å²) in [6.07, 6.45) is 14.0. The largest absolute Gasteiger partial charge is 0.393 e. The number of allylic oxidation sites excluding steroid dienone is 1. The molecule has 7 aliphatic rings. The van der Waals surface area contributed by atoms with Crippen LogP contribution < -0.4 is 5.32 Å². The minimum absolute atomic E-state index is 0.0168. The minimum atomic E-state index is -0.324. The number of hydrogen-bond donors (Lipinski definition) is 2. The molecule has 6 aliphatic carbocycles. The van der Waals surface area contributed by atoms with E-state index < -0.39 is 0 Å². The number of aliphatic hydroxyl groups is 1. The summed E-state index contributed by atoms with van der Waals surface area (Å²) in [5.41, 5.74) is 1.40. The van der Waals surface area contributed by atoms with Gasteiger partial charge in [-0.3, -0.25) is 9.59 Å². The van der Waals surface area contributed by atoms with Crippen molar-refractivity contribution in [3.63, 3.8) is 0 Å². The first kappa shape index (κ1) is 33.2. The Hall–Kier alpha value is -1.36. The predicted molar refractivity (Wildman–Crippen MR) is 185 cm³/mol. The van der Waals surface area contributed by atoms with E-state index >= 15 is 0 Å². The van der Waals surface area contributed by atoms with Crippen LogP contribution in [0.4, 0.5) is 0 Å². The quantitative estimate of drug-likeness (QED) is 0.307. The van der Waals surface area contributed by atoms with Crippen molar-refractivity contribution in [2.45, 2.75) is 151 Å². The lowest BCUT2D eigenvalue weighted by Crippen LogP contribution is -2.68. The number of aliphatic hydroxyl groups excluding tert-OH is 1. The number of carbonyl (C=O) groups is 2.